The van der Waals surface area contributed by atoms with Gasteiger partial charge in [0.15, 0.2) is 0 Å². The summed E-state index contributed by atoms with van der Waals surface area (Å²) >= 11 is 0. The predicted octanol–water partition coefficient (Wildman–Crippen LogP) is 1.39. The molecule has 1 saturated heterocycles. The quantitative estimate of drug-likeness (QED) is 0.755. The molecule has 2 unspecified atom stereocenters. The highest BCUT2D eigenvalue weighted by molar-refractivity contribution is 5.78. The van der Waals surface area contributed by atoms with E-state index in [1.807, 2.05) is 11.8 Å². The molecule has 106 valence electrons. The van der Waals surface area contributed by atoms with E-state index in [1.165, 1.54) is 6.42 Å². The van der Waals surface area contributed by atoms with Crippen LogP contribution in [0.2, 0.25) is 0 Å². The van der Waals surface area contributed by atoms with E-state index in [0.29, 0.717) is 12.5 Å². The molecule has 0 radical (unpaired) electrons. The molecular weight excluding hydrogens is 228 g/mol. The summed E-state index contributed by atoms with van der Waals surface area (Å²) < 4.78 is 0. The Balaban J connectivity index is 2.39. The van der Waals surface area contributed by atoms with Crippen LogP contribution in [0.3, 0.4) is 0 Å². The van der Waals surface area contributed by atoms with Gasteiger partial charge in [-0.05, 0) is 32.1 Å². The van der Waals surface area contributed by atoms with Gasteiger partial charge in [0, 0.05) is 18.6 Å². The van der Waals surface area contributed by atoms with Crippen LogP contribution in [0.15, 0.2) is 0 Å². The van der Waals surface area contributed by atoms with Crippen molar-refractivity contribution >= 4 is 5.91 Å². The fourth-order valence-electron chi connectivity index (χ4n) is 2.59. The van der Waals surface area contributed by atoms with Crippen molar-refractivity contribution in [2.24, 2.45) is 5.92 Å². The number of aliphatic hydroxyl groups excluding tert-OH is 1. The number of amides is 1. The molecule has 4 heteroatoms. The number of rotatable bonds is 6. The zero-order valence-electron chi connectivity index (χ0n) is 12.0. The minimum atomic E-state index is -0.328. The Morgan fingerprint density at radius 3 is 2.83 bits per heavy atom. The molecule has 2 N–H and O–H groups in total. The molecule has 0 aromatic heterocycles. The topological polar surface area (TPSA) is 52.6 Å². The molecule has 0 aromatic rings. The van der Waals surface area contributed by atoms with E-state index in [9.17, 15) is 9.90 Å². The van der Waals surface area contributed by atoms with Crippen LogP contribution in [-0.4, -0.2) is 47.7 Å². The molecule has 4 nitrogen and oxygen atoms in total. The number of nitrogens with one attached hydrogen (secondary N) is 1. The summed E-state index contributed by atoms with van der Waals surface area (Å²) in [5, 5.41) is 12.6. The first kappa shape index (κ1) is 15.4. The Morgan fingerprint density at radius 1 is 1.56 bits per heavy atom. The maximum absolute atomic E-state index is 12.1. The molecule has 0 aliphatic carbocycles. The molecule has 1 aliphatic heterocycles. The molecule has 1 rings (SSSR count). The summed E-state index contributed by atoms with van der Waals surface area (Å²) in [6.07, 6.45) is 4.21. The van der Waals surface area contributed by atoms with Gasteiger partial charge in [0.05, 0.1) is 13.2 Å². The number of hydrogen-bond donors (Lipinski definition) is 2. The van der Waals surface area contributed by atoms with E-state index in [1.54, 1.807) is 0 Å². The van der Waals surface area contributed by atoms with Crippen LogP contribution in [0, 0.1) is 5.92 Å². The highest BCUT2D eigenvalue weighted by Crippen LogP contribution is 2.16. The Kier molecular flexibility index (Phi) is 6.09. The lowest BCUT2D eigenvalue weighted by molar-refractivity contribution is -0.132. The second-order valence-corrected chi connectivity index (χ2v) is 5.91. The van der Waals surface area contributed by atoms with Crippen LogP contribution in [0.1, 0.15) is 46.5 Å². The van der Waals surface area contributed by atoms with Gasteiger partial charge in [-0.2, -0.15) is 0 Å². The van der Waals surface area contributed by atoms with Gasteiger partial charge in [-0.1, -0.05) is 20.3 Å². The Bertz CT molecular complexity index is 271. The summed E-state index contributed by atoms with van der Waals surface area (Å²) in [5.74, 6) is 0.778. The highest BCUT2D eigenvalue weighted by Gasteiger charge is 2.25. The third kappa shape index (κ3) is 4.58. The lowest BCUT2D eigenvalue weighted by Gasteiger charge is -2.33. The van der Waals surface area contributed by atoms with Crippen molar-refractivity contribution in [3.8, 4) is 0 Å². The summed E-state index contributed by atoms with van der Waals surface area (Å²) in [6, 6.07) is 0. The number of nitrogens with zero attached hydrogens (tertiary/aromatic N) is 1. The van der Waals surface area contributed by atoms with E-state index >= 15 is 0 Å². The molecular formula is C14H28N2O2. The van der Waals surface area contributed by atoms with E-state index in [2.05, 4.69) is 19.2 Å². The van der Waals surface area contributed by atoms with Crippen molar-refractivity contribution < 1.29 is 9.90 Å². The number of carbonyl (C=O) groups excluding carboxylic acids is 1. The second-order valence-electron chi connectivity index (χ2n) is 5.91. The number of likely N-dealkylation sites (tertiary alicyclic amines) is 1. The minimum absolute atomic E-state index is 0.0739. The zero-order chi connectivity index (χ0) is 13.6. The normalized spacial score (nSPS) is 23.8. The van der Waals surface area contributed by atoms with Crippen molar-refractivity contribution in [1.29, 1.82) is 0 Å². The Morgan fingerprint density at radius 2 is 2.28 bits per heavy atom. The summed E-state index contributed by atoms with van der Waals surface area (Å²) in [7, 11) is 0. The van der Waals surface area contributed by atoms with Gasteiger partial charge in [-0.15, -0.1) is 0 Å². The van der Waals surface area contributed by atoms with Gasteiger partial charge in [-0.25, -0.2) is 0 Å². The van der Waals surface area contributed by atoms with Crippen molar-refractivity contribution in [2.75, 3.05) is 26.2 Å². The maximum Gasteiger partial charge on any atom is 0.236 e. The van der Waals surface area contributed by atoms with Crippen molar-refractivity contribution in [3.63, 3.8) is 0 Å². The van der Waals surface area contributed by atoms with Gasteiger partial charge in [0.1, 0.15) is 0 Å². The van der Waals surface area contributed by atoms with E-state index in [4.69, 9.17) is 0 Å². The van der Waals surface area contributed by atoms with Crippen molar-refractivity contribution in [3.05, 3.63) is 0 Å². The molecule has 2 atom stereocenters. The Hall–Kier alpha value is -0.610. The van der Waals surface area contributed by atoms with Gasteiger partial charge in [0.25, 0.3) is 0 Å². The third-order valence-corrected chi connectivity index (χ3v) is 3.83. The van der Waals surface area contributed by atoms with Crippen LogP contribution >= 0.6 is 0 Å². The molecule has 1 heterocycles. The van der Waals surface area contributed by atoms with E-state index in [-0.39, 0.29) is 18.1 Å². The SMILES string of the molecule is CCCC(C)(CO)NCC(=O)N1CCCC(C)C1. The van der Waals surface area contributed by atoms with Crippen LogP contribution < -0.4 is 5.32 Å². The molecule has 0 spiro atoms. The predicted molar refractivity (Wildman–Crippen MR) is 73.4 cm³/mol. The first-order chi connectivity index (χ1) is 8.50. The lowest BCUT2D eigenvalue weighted by atomic mass is 9.97. The molecule has 0 saturated carbocycles. The lowest BCUT2D eigenvalue weighted by Crippen LogP contribution is -2.51. The van der Waals surface area contributed by atoms with Gasteiger partial charge < -0.3 is 15.3 Å². The van der Waals surface area contributed by atoms with Gasteiger partial charge in [0.2, 0.25) is 5.91 Å². The number of carbonyl (C=O) groups is 1. The molecule has 0 bridgehead atoms. The zero-order valence-corrected chi connectivity index (χ0v) is 12.0. The highest BCUT2D eigenvalue weighted by atomic mass is 16.3. The average Bonchev–Trinajstić information content (AvgIpc) is 2.36. The molecule has 18 heavy (non-hydrogen) atoms. The molecule has 1 amide bonds. The van der Waals surface area contributed by atoms with Crippen LogP contribution in [-0.2, 0) is 4.79 Å². The first-order valence-corrected chi connectivity index (χ1v) is 7.14. The molecule has 1 fully saturated rings. The van der Waals surface area contributed by atoms with Gasteiger partial charge >= 0.3 is 0 Å². The van der Waals surface area contributed by atoms with Gasteiger partial charge in [-0.3, -0.25) is 4.79 Å². The van der Waals surface area contributed by atoms with Crippen molar-refractivity contribution in [2.45, 2.75) is 52.0 Å². The summed E-state index contributed by atoms with van der Waals surface area (Å²) in [4.78, 5) is 14.0. The maximum atomic E-state index is 12.1. The minimum Gasteiger partial charge on any atom is -0.394 e. The molecule has 1 aliphatic rings. The first-order valence-electron chi connectivity index (χ1n) is 7.14. The average molecular weight is 256 g/mol. The number of piperidine rings is 1. The smallest absolute Gasteiger partial charge is 0.236 e. The summed E-state index contributed by atoms with van der Waals surface area (Å²) in [6.45, 7) is 8.43. The third-order valence-electron chi connectivity index (χ3n) is 3.83. The Labute approximate surface area is 111 Å². The van der Waals surface area contributed by atoms with Crippen LogP contribution in [0.25, 0.3) is 0 Å². The van der Waals surface area contributed by atoms with Crippen molar-refractivity contribution in [1.82, 2.24) is 10.2 Å². The fraction of sp³-hybridized carbons (Fsp3) is 0.929. The van der Waals surface area contributed by atoms with Crippen LogP contribution in [0.4, 0.5) is 0 Å². The standard InChI is InChI=1S/C14H28N2O2/c1-4-7-14(3,11-17)15-9-13(18)16-8-5-6-12(2)10-16/h12,15,17H,4-11H2,1-3H3. The largest absolute Gasteiger partial charge is 0.394 e. The van der Waals surface area contributed by atoms with E-state index < -0.39 is 0 Å². The number of aliphatic hydroxyl groups is 1. The van der Waals surface area contributed by atoms with Crippen LogP contribution in [0.5, 0.6) is 0 Å². The monoisotopic (exact) mass is 256 g/mol. The molecule has 0 aromatic carbocycles. The second kappa shape index (κ2) is 7.10. The fourth-order valence-corrected chi connectivity index (χ4v) is 2.59. The number of hydrogen-bond acceptors (Lipinski definition) is 3. The summed E-state index contributed by atoms with van der Waals surface area (Å²) in [5.41, 5.74) is -0.328. The van der Waals surface area contributed by atoms with E-state index in [0.717, 1.165) is 32.4 Å².